The van der Waals surface area contributed by atoms with Gasteiger partial charge in [-0.05, 0) is 24.6 Å². The van der Waals surface area contributed by atoms with Crippen molar-refractivity contribution >= 4 is 17.4 Å². The van der Waals surface area contributed by atoms with Crippen molar-refractivity contribution in [2.24, 2.45) is 5.10 Å². The van der Waals surface area contributed by atoms with E-state index in [0.717, 1.165) is 11.3 Å². The Hall–Kier alpha value is -2.49. The molecule has 2 heterocycles. The fourth-order valence-electron chi connectivity index (χ4n) is 1.99. The van der Waals surface area contributed by atoms with Crippen molar-refractivity contribution in [2.45, 2.75) is 13.3 Å². The summed E-state index contributed by atoms with van der Waals surface area (Å²) in [6.45, 7) is 2.03. The molecule has 1 amide bonds. The molecule has 3 rings (SSSR count). The lowest BCUT2D eigenvalue weighted by molar-refractivity contribution is -0.116. The number of aromatic nitrogens is 1. The number of aryl methyl sites for hydroxylation is 1. The van der Waals surface area contributed by atoms with Crippen LogP contribution in [0.3, 0.4) is 0 Å². The summed E-state index contributed by atoms with van der Waals surface area (Å²) < 4.78 is 0. The number of amides is 1. The summed E-state index contributed by atoms with van der Waals surface area (Å²) in [5.74, 6) is 0.517. The minimum atomic E-state index is -0.0470. The maximum atomic E-state index is 12.0. The highest BCUT2D eigenvalue weighted by Gasteiger charge is 2.26. The van der Waals surface area contributed by atoms with E-state index in [-0.39, 0.29) is 5.91 Å². The van der Waals surface area contributed by atoms with Crippen molar-refractivity contribution in [3.8, 4) is 0 Å². The quantitative estimate of drug-likeness (QED) is 0.823. The molecule has 2 aromatic rings. The van der Waals surface area contributed by atoms with E-state index in [9.17, 15) is 4.79 Å². The van der Waals surface area contributed by atoms with E-state index in [0.29, 0.717) is 12.2 Å². The average Bonchev–Trinajstić information content (AvgIpc) is 2.83. The van der Waals surface area contributed by atoms with Gasteiger partial charge in [-0.1, -0.05) is 35.9 Å². The first-order chi connectivity index (χ1) is 9.24. The first kappa shape index (κ1) is 11.6. The fraction of sp³-hybridized carbons (Fsp3) is 0.133. The Kier molecular flexibility index (Phi) is 2.83. The fourth-order valence-corrected chi connectivity index (χ4v) is 1.99. The van der Waals surface area contributed by atoms with Crippen LogP contribution in [0, 0.1) is 6.92 Å². The highest BCUT2D eigenvalue weighted by molar-refractivity contribution is 6.19. The zero-order valence-electron chi connectivity index (χ0n) is 10.6. The lowest BCUT2D eigenvalue weighted by atomic mass is 10.1. The zero-order chi connectivity index (χ0) is 13.2. The number of nitrogens with zero attached hydrogens (tertiary/aromatic N) is 3. The Morgan fingerprint density at radius 1 is 1.11 bits per heavy atom. The zero-order valence-corrected chi connectivity index (χ0v) is 10.6. The topological polar surface area (TPSA) is 45.6 Å². The van der Waals surface area contributed by atoms with Crippen molar-refractivity contribution < 1.29 is 4.79 Å². The third kappa shape index (κ3) is 2.25. The van der Waals surface area contributed by atoms with E-state index in [1.807, 2.05) is 43.3 Å². The van der Waals surface area contributed by atoms with Crippen LogP contribution in [0.1, 0.15) is 17.5 Å². The van der Waals surface area contributed by atoms with Gasteiger partial charge in [0.15, 0.2) is 5.82 Å². The van der Waals surface area contributed by atoms with Gasteiger partial charge in [-0.25, -0.2) is 4.98 Å². The van der Waals surface area contributed by atoms with Gasteiger partial charge in [-0.3, -0.25) is 4.79 Å². The number of rotatable bonds is 2. The Morgan fingerprint density at radius 3 is 2.58 bits per heavy atom. The molecule has 0 N–H and O–H groups in total. The molecule has 4 heteroatoms. The summed E-state index contributed by atoms with van der Waals surface area (Å²) >= 11 is 0. The molecule has 1 aromatic carbocycles. The molecule has 1 aromatic heterocycles. The van der Waals surface area contributed by atoms with Gasteiger partial charge in [0.2, 0.25) is 0 Å². The van der Waals surface area contributed by atoms with E-state index in [2.05, 4.69) is 10.1 Å². The molecule has 94 valence electrons. The Labute approximate surface area is 111 Å². The Balaban J connectivity index is 1.93. The van der Waals surface area contributed by atoms with Gasteiger partial charge in [-0.15, -0.1) is 0 Å². The number of anilines is 1. The maximum Gasteiger partial charge on any atom is 0.254 e. The van der Waals surface area contributed by atoms with E-state index < -0.39 is 0 Å². The second-order valence-electron chi connectivity index (χ2n) is 4.48. The maximum absolute atomic E-state index is 12.0. The van der Waals surface area contributed by atoms with Gasteiger partial charge in [-0.2, -0.15) is 10.1 Å². The third-order valence-corrected chi connectivity index (χ3v) is 3.03. The lowest BCUT2D eigenvalue weighted by Crippen LogP contribution is -2.20. The van der Waals surface area contributed by atoms with Crippen molar-refractivity contribution in [2.75, 3.05) is 5.01 Å². The standard InChI is InChI=1S/C15H13N3O/c1-11-5-7-12(8-6-11)13-10-15(19)18(17-13)14-4-2-3-9-16-14/h2-9H,10H2,1H3. The van der Waals surface area contributed by atoms with Gasteiger partial charge < -0.3 is 0 Å². The smallest absolute Gasteiger partial charge is 0.254 e. The van der Waals surface area contributed by atoms with Crippen molar-refractivity contribution in [3.63, 3.8) is 0 Å². The molecule has 0 aliphatic carbocycles. The largest absolute Gasteiger partial charge is 0.272 e. The van der Waals surface area contributed by atoms with Gasteiger partial charge in [0.1, 0.15) is 0 Å². The van der Waals surface area contributed by atoms with E-state index in [1.54, 1.807) is 12.3 Å². The first-order valence-electron chi connectivity index (χ1n) is 6.12. The lowest BCUT2D eigenvalue weighted by Gasteiger charge is -2.08. The van der Waals surface area contributed by atoms with Crippen LogP contribution >= 0.6 is 0 Å². The summed E-state index contributed by atoms with van der Waals surface area (Å²) in [6.07, 6.45) is 1.97. The predicted molar refractivity (Wildman–Crippen MR) is 74.1 cm³/mol. The molecule has 0 radical (unpaired) electrons. The van der Waals surface area contributed by atoms with E-state index in [1.165, 1.54) is 10.6 Å². The number of benzene rings is 1. The summed E-state index contributed by atoms with van der Waals surface area (Å²) in [7, 11) is 0. The summed E-state index contributed by atoms with van der Waals surface area (Å²) in [6, 6.07) is 13.5. The monoisotopic (exact) mass is 251 g/mol. The van der Waals surface area contributed by atoms with E-state index in [4.69, 9.17) is 0 Å². The molecule has 1 aliphatic heterocycles. The van der Waals surface area contributed by atoms with E-state index >= 15 is 0 Å². The van der Waals surface area contributed by atoms with Crippen LogP contribution < -0.4 is 5.01 Å². The molecule has 4 nitrogen and oxygen atoms in total. The molecule has 0 atom stereocenters. The molecular weight excluding hydrogens is 238 g/mol. The average molecular weight is 251 g/mol. The summed E-state index contributed by atoms with van der Waals surface area (Å²) in [5.41, 5.74) is 2.96. The van der Waals surface area contributed by atoms with Crippen molar-refractivity contribution in [3.05, 3.63) is 59.8 Å². The highest BCUT2D eigenvalue weighted by atomic mass is 16.2. The molecular formula is C15H13N3O. The Morgan fingerprint density at radius 2 is 1.89 bits per heavy atom. The van der Waals surface area contributed by atoms with Crippen LogP contribution in [0.4, 0.5) is 5.82 Å². The number of carbonyl (C=O) groups is 1. The molecule has 0 saturated carbocycles. The van der Waals surface area contributed by atoms with Crippen molar-refractivity contribution in [1.82, 2.24) is 4.98 Å². The third-order valence-electron chi connectivity index (χ3n) is 3.03. The number of hydrazone groups is 1. The molecule has 1 aliphatic rings. The minimum Gasteiger partial charge on any atom is -0.272 e. The van der Waals surface area contributed by atoms with Crippen LogP contribution in [-0.2, 0) is 4.79 Å². The molecule has 0 fully saturated rings. The van der Waals surface area contributed by atoms with Gasteiger partial charge in [0.25, 0.3) is 5.91 Å². The van der Waals surface area contributed by atoms with Crippen LogP contribution in [0.15, 0.2) is 53.8 Å². The molecule has 0 saturated heterocycles. The number of hydrogen-bond donors (Lipinski definition) is 0. The molecule has 0 bridgehead atoms. The van der Waals surface area contributed by atoms with Gasteiger partial charge in [0, 0.05) is 6.20 Å². The van der Waals surface area contributed by atoms with Crippen LogP contribution in [-0.4, -0.2) is 16.6 Å². The van der Waals surface area contributed by atoms with Gasteiger partial charge >= 0.3 is 0 Å². The number of carbonyl (C=O) groups excluding carboxylic acids is 1. The van der Waals surface area contributed by atoms with Crippen molar-refractivity contribution in [1.29, 1.82) is 0 Å². The molecule has 0 unspecified atom stereocenters. The van der Waals surface area contributed by atoms with Crippen LogP contribution in [0.2, 0.25) is 0 Å². The molecule has 0 spiro atoms. The highest BCUT2D eigenvalue weighted by Crippen LogP contribution is 2.20. The minimum absolute atomic E-state index is 0.0470. The number of pyridine rings is 1. The number of hydrogen-bond acceptors (Lipinski definition) is 3. The SMILES string of the molecule is Cc1ccc(C2=NN(c3ccccn3)C(=O)C2)cc1. The first-order valence-corrected chi connectivity index (χ1v) is 6.12. The summed E-state index contributed by atoms with van der Waals surface area (Å²) in [5, 5.41) is 5.75. The van der Waals surface area contributed by atoms with Gasteiger partial charge in [0.05, 0.1) is 12.1 Å². The second-order valence-corrected chi connectivity index (χ2v) is 4.48. The van der Waals surface area contributed by atoms with Crippen LogP contribution in [0.25, 0.3) is 0 Å². The normalized spacial score (nSPS) is 14.7. The van der Waals surface area contributed by atoms with Crippen LogP contribution in [0.5, 0.6) is 0 Å². The molecule has 19 heavy (non-hydrogen) atoms. The Bertz CT molecular complexity index is 632. The summed E-state index contributed by atoms with van der Waals surface area (Å²) in [4.78, 5) is 16.1. The second kappa shape index (κ2) is 4.65. The predicted octanol–water partition coefficient (Wildman–Crippen LogP) is 2.53.